The van der Waals surface area contributed by atoms with Gasteiger partial charge in [-0.1, -0.05) is 78.9 Å². The summed E-state index contributed by atoms with van der Waals surface area (Å²) in [7, 11) is -3.41. The van der Waals surface area contributed by atoms with Crippen LogP contribution in [0.25, 0.3) is 0 Å². The Morgan fingerprint density at radius 1 is 0.828 bits per heavy atom. The first-order chi connectivity index (χ1) is 13.9. The molecule has 0 aromatic heterocycles. The highest BCUT2D eigenvalue weighted by atomic mass is 32.2. The van der Waals surface area contributed by atoms with Crippen molar-refractivity contribution in [1.29, 1.82) is 0 Å². The Morgan fingerprint density at radius 3 is 1.90 bits per heavy atom. The highest BCUT2D eigenvalue weighted by molar-refractivity contribution is 7.92. The Kier molecular flexibility index (Phi) is 6.51. The van der Waals surface area contributed by atoms with Gasteiger partial charge in [-0.2, -0.15) is 0 Å². The van der Waals surface area contributed by atoms with E-state index in [4.69, 9.17) is 0 Å². The molecule has 2 amide bonds. The third-order valence-electron chi connectivity index (χ3n) is 4.29. The van der Waals surface area contributed by atoms with Crippen LogP contribution >= 0.6 is 0 Å². The molecule has 0 aliphatic rings. The van der Waals surface area contributed by atoms with Gasteiger partial charge >= 0.3 is 6.03 Å². The summed E-state index contributed by atoms with van der Waals surface area (Å²) in [5.41, 5.74) is 3.04. The quantitative estimate of drug-likeness (QED) is 0.557. The first-order valence-electron chi connectivity index (χ1n) is 9.12. The summed E-state index contributed by atoms with van der Waals surface area (Å²) < 4.78 is 25.5. The van der Waals surface area contributed by atoms with Crippen molar-refractivity contribution in [2.45, 2.75) is 12.6 Å². The average Bonchev–Trinajstić information content (AvgIpc) is 2.71. The van der Waals surface area contributed by atoms with E-state index in [1.54, 1.807) is 24.3 Å². The van der Waals surface area contributed by atoms with E-state index in [-0.39, 0.29) is 18.6 Å². The van der Waals surface area contributed by atoms with Gasteiger partial charge in [-0.05, 0) is 22.8 Å². The van der Waals surface area contributed by atoms with Crippen LogP contribution in [0, 0.1) is 0 Å². The number of nitrogens with one attached hydrogen (secondary N) is 3. The van der Waals surface area contributed by atoms with E-state index in [1.165, 1.54) is 0 Å². The van der Waals surface area contributed by atoms with Gasteiger partial charge in [-0.25, -0.2) is 13.2 Å². The highest BCUT2D eigenvalue weighted by Crippen LogP contribution is 2.22. The fourth-order valence-corrected chi connectivity index (χ4v) is 3.58. The van der Waals surface area contributed by atoms with Crippen molar-refractivity contribution in [3.05, 3.63) is 102 Å². The fourth-order valence-electron chi connectivity index (χ4n) is 2.98. The topological polar surface area (TPSA) is 87.3 Å². The Hall–Kier alpha value is -3.32. The normalized spacial score (nSPS) is 11.1. The fraction of sp³-hybridized carbons (Fsp3) is 0.136. The molecule has 29 heavy (non-hydrogen) atoms. The smallest absolute Gasteiger partial charge is 0.315 e. The first-order valence-corrected chi connectivity index (χ1v) is 11.0. The molecule has 150 valence electrons. The number of carbonyl (C=O) groups is 1. The van der Waals surface area contributed by atoms with Crippen molar-refractivity contribution in [2.75, 3.05) is 11.0 Å². The molecule has 6 nitrogen and oxygen atoms in total. The van der Waals surface area contributed by atoms with E-state index in [0.29, 0.717) is 11.3 Å². The Balaban J connectivity index is 1.72. The molecule has 3 rings (SSSR count). The molecule has 0 unspecified atom stereocenters. The van der Waals surface area contributed by atoms with E-state index >= 15 is 0 Å². The summed E-state index contributed by atoms with van der Waals surface area (Å²) in [5, 5.41) is 5.81. The van der Waals surface area contributed by atoms with E-state index in [1.807, 2.05) is 60.7 Å². The van der Waals surface area contributed by atoms with Crippen molar-refractivity contribution in [1.82, 2.24) is 10.6 Å². The summed E-state index contributed by atoms with van der Waals surface area (Å²) in [4.78, 5) is 12.6. The number of hydrogen-bond donors (Lipinski definition) is 3. The minimum absolute atomic E-state index is 0.181. The van der Waals surface area contributed by atoms with Crippen LogP contribution in [-0.2, 0) is 16.6 Å². The number of carbonyl (C=O) groups excluding carboxylic acids is 1. The predicted octanol–water partition coefficient (Wildman–Crippen LogP) is 3.65. The van der Waals surface area contributed by atoms with Crippen molar-refractivity contribution in [3.63, 3.8) is 0 Å². The Bertz CT molecular complexity index is 1020. The SMILES string of the molecule is CS(=O)(=O)Nc1ccccc1CNC(=O)NC(c1ccccc1)c1ccccc1. The van der Waals surface area contributed by atoms with Gasteiger partial charge in [0.1, 0.15) is 0 Å². The summed E-state index contributed by atoms with van der Waals surface area (Å²) in [6.07, 6.45) is 1.09. The van der Waals surface area contributed by atoms with Crippen LogP contribution in [0.4, 0.5) is 10.5 Å². The summed E-state index contributed by atoms with van der Waals surface area (Å²) >= 11 is 0. The maximum absolute atomic E-state index is 12.6. The van der Waals surface area contributed by atoms with Gasteiger partial charge in [0.25, 0.3) is 0 Å². The van der Waals surface area contributed by atoms with E-state index < -0.39 is 10.0 Å². The molecule has 3 aromatic carbocycles. The van der Waals surface area contributed by atoms with Gasteiger partial charge in [0.15, 0.2) is 0 Å². The van der Waals surface area contributed by atoms with Gasteiger partial charge in [-0.15, -0.1) is 0 Å². The average molecular weight is 410 g/mol. The van der Waals surface area contributed by atoms with Crippen LogP contribution in [0.3, 0.4) is 0 Å². The van der Waals surface area contributed by atoms with Gasteiger partial charge < -0.3 is 10.6 Å². The van der Waals surface area contributed by atoms with Crippen molar-refractivity contribution in [2.24, 2.45) is 0 Å². The number of benzene rings is 3. The Labute approximate surface area is 171 Å². The molecular weight excluding hydrogens is 386 g/mol. The number of urea groups is 1. The molecule has 3 N–H and O–H groups in total. The predicted molar refractivity (Wildman–Crippen MR) is 115 cm³/mol. The van der Waals surface area contributed by atoms with Crippen LogP contribution in [0.2, 0.25) is 0 Å². The first kappa shape index (κ1) is 20.4. The maximum Gasteiger partial charge on any atom is 0.315 e. The zero-order valence-corrected chi connectivity index (χ0v) is 16.8. The molecule has 7 heteroatoms. The molecule has 0 radical (unpaired) electrons. The number of rotatable bonds is 7. The van der Waals surface area contributed by atoms with Crippen LogP contribution in [0.1, 0.15) is 22.7 Å². The van der Waals surface area contributed by atoms with Gasteiger partial charge in [0, 0.05) is 6.54 Å². The molecule has 0 fully saturated rings. The van der Waals surface area contributed by atoms with Gasteiger partial charge in [-0.3, -0.25) is 4.72 Å². The lowest BCUT2D eigenvalue weighted by Gasteiger charge is -2.20. The highest BCUT2D eigenvalue weighted by Gasteiger charge is 2.16. The van der Waals surface area contributed by atoms with Gasteiger partial charge in [0.2, 0.25) is 10.0 Å². The van der Waals surface area contributed by atoms with Crippen LogP contribution in [0.15, 0.2) is 84.9 Å². The number of para-hydroxylation sites is 1. The molecule has 0 heterocycles. The number of hydrogen-bond acceptors (Lipinski definition) is 3. The zero-order valence-electron chi connectivity index (χ0n) is 16.0. The molecule has 3 aromatic rings. The van der Waals surface area contributed by atoms with Crippen LogP contribution in [-0.4, -0.2) is 20.7 Å². The third kappa shape index (κ3) is 6.08. The van der Waals surface area contributed by atoms with E-state index in [2.05, 4.69) is 15.4 Å². The van der Waals surface area contributed by atoms with E-state index in [0.717, 1.165) is 17.4 Å². The second-order valence-electron chi connectivity index (χ2n) is 6.61. The van der Waals surface area contributed by atoms with Crippen molar-refractivity contribution >= 4 is 21.7 Å². The van der Waals surface area contributed by atoms with Crippen LogP contribution in [0.5, 0.6) is 0 Å². The number of anilines is 1. The minimum Gasteiger partial charge on any atom is -0.334 e. The van der Waals surface area contributed by atoms with Gasteiger partial charge in [0.05, 0.1) is 18.0 Å². The zero-order chi connectivity index (χ0) is 20.7. The summed E-state index contributed by atoms with van der Waals surface area (Å²) in [5.74, 6) is 0. The second kappa shape index (κ2) is 9.25. The molecular formula is C22H23N3O3S. The molecule has 0 atom stereocenters. The van der Waals surface area contributed by atoms with Crippen molar-refractivity contribution in [3.8, 4) is 0 Å². The van der Waals surface area contributed by atoms with Crippen molar-refractivity contribution < 1.29 is 13.2 Å². The molecule has 0 saturated heterocycles. The maximum atomic E-state index is 12.6. The van der Waals surface area contributed by atoms with E-state index in [9.17, 15) is 13.2 Å². The lowest BCUT2D eigenvalue weighted by Crippen LogP contribution is -2.38. The monoisotopic (exact) mass is 409 g/mol. The lowest BCUT2D eigenvalue weighted by molar-refractivity contribution is 0.238. The molecule has 0 saturated carbocycles. The standard InChI is InChI=1S/C22H23N3O3S/c1-29(27,28)25-20-15-9-8-14-19(20)16-23-22(26)24-21(17-10-4-2-5-11-17)18-12-6-3-7-13-18/h2-15,21,25H,16H2,1H3,(H2,23,24,26). The molecule has 0 aliphatic carbocycles. The largest absolute Gasteiger partial charge is 0.334 e. The molecule has 0 bridgehead atoms. The third-order valence-corrected chi connectivity index (χ3v) is 4.88. The summed E-state index contributed by atoms with van der Waals surface area (Å²) in [6.45, 7) is 0.181. The minimum atomic E-state index is -3.41. The Morgan fingerprint density at radius 2 is 1.34 bits per heavy atom. The second-order valence-corrected chi connectivity index (χ2v) is 8.36. The summed E-state index contributed by atoms with van der Waals surface area (Å²) in [6, 6.07) is 25.7. The lowest BCUT2D eigenvalue weighted by atomic mass is 9.99. The molecule has 0 spiro atoms. The molecule has 0 aliphatic heterocycles. The van der Waals surface area contributed by atoms with Crippen LogP contribution < -0.4 is 15.4 Å². The number of amides is 2. The number of sulfonamides is 1.